The smallest absolute Gasteiger partial charge is 0.274 e. The molecule has 1 aliphatic heterocycles. The van der Waals surface area contributed by atoms with Crippen molar-refractivity contribution in [1.82, 2.24) is 30.0 Å². The van der Waals surface area contributed by atoms with Crippen LogP contribution in [0.5, 0.6) is 0 Å². The van der Waals surface area contributed by atoms with Gasteiger partial charge in [-0.25, -0.2) is 4.98 Å². The fourth-order valence-electron chi connectivity index (χ4n) is 3.45. The molecule has 2 amide bonds. The van der Waals surface area contributed by atoms with Crippen molar-refractivity contribution >= 4 is 11.8 Å². The molecular weight excluding hydrogens is 320 g/mol. The lowest BCUT2D eigenvalue weighted by molar-refractivity contribution is 0.0699. The Bertz CT molecular complexity index is 782. The number of hydrogen-bond acceptors (Lipinski definition) is 5. The van der Waals surface area contributed by atoms with Gasteiger partial charge in [0.15, 0.2) is 5.69 Å². The molecule has 0 atom stereocenters. The molecule has 0 spiro atoms. The monoisotopic (exact) mass is 340 g/mol. The van der Waals surface area contributed by atoms with Gasteiger partial charge in [0.25, 0.3) is 11.8 Å². The molecule has 1 saturated carbocycles. The normalized spacial score (nSPS) is 17.4. The number of amides is 2. The highest BCUT2D eigenvalue weighted by Gasteiger charge is 2.26. The maximum absolute atomic E-state index is 12.5. The average molecular weight is 340 g/mol. The maximum Gasteiger partial charge on any atom is 0.274 e. The van der Waals surface area contributed by atoms with Gasteiger partial charge in [-0.3, -0.25) is 19.3 Å². The minimum Gasteiger partial charge on any atom is -0.348 e. The Morgan fingerprint density at radius 1 is 1.12 bits per heavy atom. The van der Waals surface area contributed by atoms with Crippen molar-refractivity contribution in [2.24, 2.45) is 0 Å². The molecule has 1 fully saturated rings. The van der Waals surface area contributed by atoms with Gasteiger partial charge >= 0.3 is 0 Å². The van der Waals surface area contributed by atoms with E-state index in [9.17, 15) is 9.59 Å². The van der Waals surface area contributed by atoms with Crippen LogP contribution in [0.25, 0.3) is 0 Å². The molecule has 2 aromatic heterocycles. The molecule has 0 bridgehead atoms. The van der Waals surface area contributed by atoms with Crippen molar-refractivity contribution in [2.75, 3.05) is 6.54 Å². The minimum atomic E-state index is -0.155. The third-order valence-corrected chi connectivity index (χ3v) is 4.79. The first-order chi connectivity index (χ1) is 12.2. The van der Waals surface area contributed by atoms with Gasteiger partial charge in [-0.2, -0.15) is 5.10 Å². The van der Waals surface area contributed by atoms with Gasteiger partial charge in [0, 0.05) is 25.0 Å². The van der Waals surface area contributed by atoms with Gasteiger partial charge < -0.3 is 10.2 Å². The summed E-state index contributed by atoms with van der Waals surface area (Å²) in [4.78, 5) is 34.6. The molecule has 1 N–H and O–H groups in total. The molecule has 0 radical (unpaired) electrons. The number of aromatic nitrogens is 4. The Balaban J connectivity index is 1.45. The molecular formula is C17H20N6O2. The highest BCUT2D eigenvalue weighted by molar-refractivity contribution is 5.93. The van der Waals surface area contributed by atoms with Gasteiger partial charge in [0.05, 0.1) is 25.0 Å². The Hall–Kier alpha value is -2.77. The number of rotatable bonds is 3. The quantitative estimate of drug-likeness (QED) is 0.900. The summed E-state index contributed by atoms with van der Waals surface area (Å²) in [5.41, 5.74) is 1.62. The highest BCUT2D eigenvalue weighted by Crippen LogP contribution is 2.19. The van der Waals surface area contributed by atoms with Gasteiger partial charge in [-0.1, -0.05) is 12.8 Å². The van der Waals surface area contributed by atoms with Crippen LogP contribution in [0, 0.1) is 0 Å². The summed E-state index contributed by atoms with van der Waals surface area (Å²) < 4.78 is 1.81. The second-order valence-electron chi connectivity index (χ2n) is 6.52. The Morgan fingerprint density at radius 3 is 2.72 bits per heavy atom. The molecule has 25 heavy (non-hydrogen) atoms. The van der Waals surface area contributed by atoms with Crippen LogP contribution in [0.2, 0.25) is 0 Å². The SMILES string of the molecule is O=C(NC1CCCC1)c1cc2n(n1)CCN(C(=O)c1cnccn1)C2. The van der Waals surface area contributed by atoms with E-state index in [2.05, 4.69) is 20.4 Å². The van der Waals surface area contributed by atoms with E-state index in [0.717, 1.165) is 18.5 Å². The average Bonchev–Trinajstić information content (AvgIpc) is 3.30. The van der Waals surface area contributed by atoms with Gasteiger partial charge in [-0.05, 0) is 18.9 Å². The second-order valence-corrected chi connectivity index (χ2v) is 6.52. The predicted molar refractivity (Wildman–Crippen MR) is 88.7 cm³/mol. The summed E-state index contributed by atoms with van der Waals surface area (Å²) in [5, 5.41) is 7.45. The number of carbonyl (C=O) groups excluding carboxylic acids is 2. The zero-order chi connectivity index (χ0) is 17.2. The van der Waals surface area contributed by atoms with Crippen molar-refractivity contribution in [3.8, 4) is 0 Å². The van der Waals surface area contributed by atoms with Crippen LogP contribution in [0.15, 0.2) is 24.7 Å². The topological polar surface area (TPSA) is 93.0 Å². The number of nitrogens with zero attached hydrogens (tertiary/aromatic N) is 5. The molecule has 2 aliphatic rings. The summed E-state index contributed by atoms with van der Waals surface area (Å²) >= 11 is 0. The molecule has 0 unspecified atom stereocenters. The molecule has 4 rings (SSSR count). The summed E-state index contributed by atoms with van der Waals surface area (Å²) in [7, 11) is 0. The Kier molecular flexibility index (Phi) is 4.17. The summed E-state index contributed by atoms with van der Waals surface area (Å²) in [5.74, 6) is -0.280. The lowest BCUT2D eigenvalue weighted by Gasteiger charge is -2.27. The van der Waals surface area contributed by atoms with E-state index in [1.54, 1.807) is 11.0 Å². The zero-order valence-electron chi connectivity index (χ0n) is 13.9. The van der Waals surface area contributed by atoms with Crippen molar-refractivity contribution in [1.29, 1.82) is 0 Å². The van der Waals surface area contributed by atoms with Gasteiger partial charge in [0.2, 0.25) is 0 Å². The van der Waals surface area contributed by atoms with E-state index in [0.29, 0.717) is 31.0 Å². The first kappa shape index (κ1) is 15.7. The standard InChI is InChI=1S/C17H20N6O2/c24-16(20-12-3-1-2-4-12)14-9-13-11-22(7-8-23(13)21-14)17(25)15-10-18-5-6-19-15/h5-6,9-10,12H,1-4,7-8,11H2,(H,20,24). The van der Waals surface area contributed by atoms with Crippen molar-refractivity contribution < 1.29 is 9.59 Å². The van der Waals surface area contributed by atoms with E-state index in [-0.39, 0.29) is 17.9 Å². The largest absolute Gasteiger partial charge is 0.348 e. The molecule has 1 aliphatic carbocycles. The fourth-order valence-corrected chi connectivity index (χ4v) is 3.45. The van der Waals surface area contributed by atoms with Crippen LogP contribution in [0.1, 0.15) is 52.4 Å². The predicted octanol–water partition coefficient (Wildman–Crippen LogP) is 1.00. The minimum absolute atomic E-state index is 0.124. The zero-order valence-corrected chi connectivity index (χ0v) is 13.9. The summed E-state index contributed by atoms with van der Waals surface area (Å²) in [6.45, 7) is 1.52. The molecule has 3 heterocycles. The van der Waals surface area contributed by atoms with Crippen molar-refractivity contribution in [2.45, 2.75) is 44.8 Å². The molecule has 2 aromatic rings. The van der Waals surface area contributed by atoms with E-state index in [1.807, 2.05) is 4.68 Å². The van der Waals surface area contributed by atoms with Crippen LogP contribution in [0.3, 0.4) is 0 Å². The number of fused-ring (bicyclic) bond motifs is 1. The van der Waals surface area contributed by atoms with E-state index in [4.69, 9.17) is 0 Å². The van der Waals surface area contributed by atoms with Gasteiger partial charge in [0.1, 0.15) is 5.69 Å². The third kappa shape index (κ3) is 3.24. The molecule has 130 valence electrons. The third-order valence-electron chi connectivity index (χ3n) is 4.79. The van der Waals surface area contributed by atoms with E-state index < -0.39 is 0 Å². The van der Waals surface area contributed by atoms with E-state index >= 15 is 0 Å². The van der Waals surface area contributed by atoms with Crippen LogP contribution in [-0.2, 0) is 13.1 Å². The van der Waals surface area contributed by atoms with Crippen molar-refractivity contribution in [3.63, 3.8) is 0 Å². The molecule has 8 heteroatoms. The number of nitrogens with one attached hydrogen (secondary N) is 1. The lowest BCUT2D eigenvalue weighted by Crippen LogP contribution is -2.38. The van der Waals surface area contributed by atoms with Crippen LogP contribution < -0.4 is 5.32 Å². The van der Waals surface area contributed by atoms with Gasteiger partial charge in [-0.15, -0.1) is 0 Å². The molecule has 0 aromatic carbocycles. The second kappa shape index (κ2) is 6.62. The Morgan fingerprint density at radius 2 is 1.96 bits per heavy atom. The first-order valence-corrected chi connectivity index (χ1v) is 8.63. The fraction of sp³-hybridized carbons (Fsp3) is 0.471. The van der Waals surface area contributed by atoms with E-state index in [1.165, 1.54) is 31.4 Å². The molecule has 0 saturated heterocycles. The van der Waals surface area contributed by atoms with Crippen LogP contribution in [0.4, 0.5) is 0 Å². The Labute approximate surface area is 145 Å². The van der Waals surface area contributed by atoms with Crippen LogP contribution in [-0.4, -0.2) is 49.0 Å². The first-order valence-electron chi connectivity index (χ1n) is 8.63. The van der Waals surface area contributed by atoms with Crippen molar-refractivity contribution in [3.05, 3.63) is 41.7 Å². The lowest BCUT2D eigenvalue weighted by atomic mass is 10.2. The maximum atomic E-state index is 12.5. The summed E-state index contributed by atoms with van der Waals surface area (Å²) in [6.07, 6.45) is 8.94. The highest BCUT2D eigenvalue weighted by atomic mass is 16.2. The molecule has 8 nitrogen and oxygen atoms in total. The number of hydrogen-bond donors (Lipinski definition) is 1. The summed E-state index contributed by atoms with van der Waals surface area (Å²) in [6, 6.07) is 2.04. The number of carbonyl (C=O) groups is 2. The van der Waals surface area contributed by atoms with Crippen LogP contribution >= 0.6 is 0 Å².